The number of aliphatic carboxylic acids is 2. The molecule has 0 saturated heterocycles. The second kappa shape index (κ2) is 9.03. The van der Waals surface area contributed by atoms with E-state index in [1.165, 1.54) is 6.92 Å². The predicted octanol–water partition coefficient (Wildman–Crippen LogP) is -8.48. The van der Waals surface area contributed by atoms with Crippen LogP contribution in [0.5, 0.6) is 0 Å². The molecule has 0 aliphatic heterocycles. The van der Waals surface area contributed by atoms with Crippen molar-refractivity contribution >= 4 is 11.9 Å². The van der Waals surface area contributed by atoms with Gasteiger partial charge >= 0.3 is 59.1 Å². The van der Waals surface area contributed by atoms with Gasteiger partial charge in [0.25, 0.3) is 0 Å². The van der Waals surface area contributed by atoms with Gasteiger partial charge in [-0.3, -0.25) is 0 Å². The van der Waals surface area contributed by atoms with Crippen LogP contribution in [0.15, 0.2) is 0 Å². The summed E-state index contributed by atoms with van der Waals surface area (Å²) in [6.07, 6.45) is -0.484. The minimum Gasteiger partial charge on any atom is -0.550 e. The Hall–Kier alpha value is 0.940. The average molecular weight is 176 g/mol. The van der Waals surface area contributed by atoms with E-state index >= 15 is 0 Å². The Morgan fingerprint density at radius 3 is 1.73 bits per heavy atom. The van der Waals surface area contributed by atoms with E-state index in [1.54, 1.807) is 0 Å². The van der Waals surface area contributed by atoms with Crippen molar-refractivity contribution in [2.75, 3.05) is 0 Å². The molecule has 0 aromatic carbocycles. The Morgan fingerprint density at radius 1 is 1.27 bits per heavy atom. The standard InChI is InChI=1S/C5H8O4.2Na/c1-3(5(8)9)2-4(6)7;;/h3H,2H2,1H3,(H,6,7)(H,8,9);;/q;2*+1/p-2/t3-;;/m0../s1. The van der Waals surface area contributed by atoms with Crippen molar-refractivity contribution in [2.45, 2.75) is 13.3 Å². The first kappa shape index (κ1) is 17.9. The summed E-state index contributed by atoms with van der Waals surface area (Å²) in [5.41, 5.74) is 0. The van der Waals surface area contributed by atoms with Gasteiger partial charge in [-0.1, -0.05) is 6.92 Å². The molecule has 0 aromatic rings. The molecule has 0 amide bonds. The molecule has 0 N–H and O–H groups in total. The van der Waals surface area contributed by atoms with E-state index < -0.39 is 24.3 Å². The van der Waals surface area contributed by atoms with Gasteiger partial charge in [0.2, 0.25) is 0 Å². The number of carbonyl (C=O) groups is 2. The van der Waals surface area contributed by atoms with E-state index in [9.17, 15) is 19.8 Å². The molecule has 0 aliphatic rings. The van der Waals surface area contributed by atoms with Gasteiger partial charge in [-0.2, -0.15) is 0 Å². The van der Waals surface area contributed by atoms with Crippen LogP contribution in [0.4, 0.5) is 0 Å². The maximum Gasteiger partial charge on any atom is 1.00 e. The van der Waals surface area contributed by atoms with Crippen LogP contribution in [0.2, 0.25) is 0 Å². The fourth-order valence-corrected chi connectivity index (χ4v) is 0.333. The first-order chi connectivity index (χ1) is 4.04. The summed E-state index contributed by atoms with van der Waals surface area (Å²) in [5.74, 6) is -3.69. The number of carboxylic acids is 2. The molecule has 1 atom stereocenters. The summed E-state index contributed by atoms with van der Waals surface area (Å²) >= 11 is 0. The molecule has 0 heterocycles. The van der Waals surface area contributed by atoms with E-state index in [1.807, 2.05) is 0 Å². The summed E-state index contributed by atoms with van der Waals surface area (Å²) in [5, 5.41) is 19.5. The van der Waals surface area contributed by atoms with Gasteiger partial charge in [0, 0.05) is 17.9 Å². The van der Waals surface area contributed by atoms with Crippen LogP contribution in [0, 0.1) is 5.92 Å². The average Bonchev–Trinajstić information content (AvgIpc) is 1.63. The molecule has 0 bridgehead atoms. The van der Waals surface area contributed by atoms with E-state index in [-0.39, 0.29) is 59.1 Å². The second-order valence-electron chi connectivity index (χ2n) is 1.80. The molecule has 0 radical (unpaired) electrons. The van der Waals surface area contributed by atoms with Crippen LogP contribution in [0.25, 0.3) is 0 Å². The van der Waals surface area contributed by atoms with Crippen molar-refractivity contribution in [3.8, 4) is 0 Å². The zero-order chi connectivity index (χ0) is 7.44. The van der Waals surface area contributed by atoms with Gasteiger partial charge in [-0.05, 0) is 6.42 Å². The quantitative estimate of drug-likeness (QED) is 0.400. The summed E-state index contributed by atoms with van der Waals surface area (Å²) in [7, 11) is 0. The van der Waals surface area contributed by atoms with Gasteiger partial charge < -0.3 is 19.8 Å². The fourth-order valence-electron chi connectivity index (χ4n) is 0.333. The zero-order valence-electron chi connectivity index (χ0n) is 6.92. The summed E-state index contributed by atoms with van der Waals surface area (Å²) in [6.45, 7) is 1.26. The first-order valence-electron chi connectivity index (χ1n) is 2.44. The third kappa shape index (κ3) is 10.9. The molecule has 0 aromatic heterocycles. The summed E-state index contributed by atoms with van der Waals surface area (Å²) < 4.78 is 0. The Labute approximate surface area is 109 Å². The Morgan fingerprint density at radius 2 is 1.64 bits per heavy atom. The third-order valence-electron chi connectivity index (χ3n) is 0.875. The summed E-state index contributed by atoms with van der Waals surface area (Å²) in [6, 6.07) is 0. The van der Waals surface area contributed by atoms with Crippen LogP contribution >= 0.6 is 0 Å². The molecule has 0 spiro atoms. The van der Waals surface area contributed by atoms with Gasteiger partial charge in [0.05, 0.1) is 0 Å². The van der Waals surface area contributed by atoms with Gasteiger partial charge in [0.1, 0.15) is 0 Å². The topological polar surface area (TPSA) is 80.3 Å². The van der Waals surface area contributed by atoms with Crippen molar-refractivity contribution in [1.82, 2.24) is 0 Å². The minimum atomic E-state index is -1.37. The van der Waals surface area contributed by atoms with Gasteiger partial charge in [-0.25, -0.2) is 0 Å². The maximum atomic E-state index is 9.83. The molecule has 0 unspecified atom stereocenters. The number of hydrogen-bond acceptors (Lipinski definition) is 4. The van der Waals surface area contributed by atoms with Crippen LogP contribution in [0.3, 0.4) is 0 Å². The molecular formula is C5H6Na2O4. The molecule has 0 fully saturated rings. The molecule has 6 heteroatoms. The van der Waals surface area contributed by atoms with E-state index in [0.717, 1.165) is 0 Å². The fraction of sp³-hybridized carbons (Fsp3) is 0.600. The van der Waals surface area contributed by atoms with Crippen molar-refractivity contribution in [1.29, 1.82) is 0 Å². The van der Waals surface area contributed by atoms with Crippen molar-refractivity contribution in [3.05, 3.63) is 0 Å². The number of carboxylic acid groups (broad SMARTS) is 2. The van der Waals surface area contributed by atoms with Crippen LogP contribution in [-0.4, -0.2) is 11.9 Å². The molecule has 0 saturated carbocycles. The zero-order valence-corrected chi connectivity index (χ0v) is 10.9. The Kier molecular flexibility index (Phi) is 14.7. The Bertz CT molecular complexity index is 136. The Balaban J connectivity index is -0.000000320. The molecule has 52 valence electrons. The normalized spacial score (nSPS) is 10.3. The molecular weight excluding hydrogens is 170 g/mol. The van der Waals surface area contributed by atoms with E-state index in [0.29, 0.717) is 0 Å². The second-order valence-corrected chi connectivity index (χ2v) is 1.80. The number of rotatable bonds is 3. The minimum absolute atomic E-state index is 0. The largest absolute Gasteiger partial charge is 1.00 e. The predicted molar refractivity (Wildman–Crippen MR) is 23.8 cm³/mol. The van der Waals surface area contributed by atoms with E-state index in [4.69, 9.17) is 0 Å². The molecule has 11 heavy (non-hydrogen) atoms. The smallest absolute Gasteiger partial charge is 0.550 e. The first-order valence-corrected chi connectivity index (χ1v) is 2.44. The van der Waals surface area contributed by atoms with Gasteiger partial charge in [0.15, 0.2) is 0 Å². The van der Waals surface area contributed by atoms with Crippen LogP contribution < -0.4 is 69.3 Å². The van der Waals surface area contributed by atoms with Crippen LogP contribution in [-0.2, 0) is 9.59 Å². The monoisotopic (exact) mass is 176 g/mol. The van der Waals surface area contributed by atoms with Crippen LogP contribution in [0.1, 0.15) is 13.3 Å². The summed E-state index contributed by atoms with van der Waals surface area (Å²) in [4.78, 5) is 19.5. The van der Waals surface area contributed by atoms with E-state index in [2.05, 4.69) is 0 Å². The molecule has 4 nitrogen and oxygen atoms in total. The SMILES string of the molecule is C[C@@H](CC(=O)[O-])C(=O)[O-].[Na+].[Na+]. The van der Waals surface area contributed by atoms with Crippen molar-refractivity contribution in [2.24, 2.45) is 5.92 Å². The maximum absolute atomic E-state index is 9.83. The van der Waals surface area contributed by atoms with Gasteiger partial charge in [-0.15, -0.1) is 0 Å². The number of carbonyl (C=O) groups excluding carboxylic acids is 2. The van der Waals surface area contributed by atoms with Crippen molar-refractivity contribution < 1.29 is 78.9 Å². The molecule has 0 rings (SSSR count). The molecule has 0 aliphatic carbocycles. The number of hydrogen-bond donors (Lipinski definition) is 0. The van der Waals surface area contributed by atoms with Crippen molar-refractivity contribution in [3.63, 3.8) is 0 Å². The third-order valence-corrected chi connectivity index (χ3v) is 0.875.